The van der Waals surface area contributed by atoms with Gasteiger partial charge in [0.15, 0.2) is 0 Å². The van der Waals surface area contributed by atoms with Crippen LogP contribution in [0, 0.1) is 6.92 Å². The molecule has 1 saturated heterocycles. The summed E-state index contributed by atoms with van der Waals surface area (Å²) in [6.07, 6.45) is 1.74. The molecule has 0 saturated carbocycles. The summed E-state index contributed by atoms with van der Waals surface area (Å²) >= 11 is 1.34. The minimum Gasteiger partial charge on any atom is -0.380 e. The van der Waals surface area contributed by atoms with Crippen LogP contribution in [-0.2, 0) is 21.3 Å². The lowest BCUT2D eigenvalue weighted by molar-refractivity contribution is 0.0774. The molecule has 1 atom stereocenters. The molecule has 0 spiro atoms. The fourth-order valence-corrected chi connectivity index (χ4v) is 5.02. The Kier molecular flexibility index (Phi) is 5.79. The van der Waals surface area contributed by atoms with E-state index < -0.39 is 10.0 Å². The van der Waals surface area contributed by atoms with Gasteiger partial charge in [-0.25, -0.2) is 13.1 Å². The highest BCUT2D eigenvalue weighted by Gasteiger charge is 2.24. The number of ether oxygens (including phenoxy) is 1. The summed E-state index contributed by atoms with van der Waals surface area (Å²) in [5.74, 6) is 0. The third-order valence-corrected chi connectivity index (χ3v) is 6.65. The van der Waals surface area contributed by atoms with Crippen LogP contribution >= 0.6 is 11.3 Å². The Morgan fingerprint density at radius 1 is 1.48 bits per heavy atom. The average Bonchev–Trinajstić information content (AvgIpc) is 2.79. The predicted octanol–water partition coefficient (Wildman–Crippen LogP) is 2.01. The van der Waals surface area contributed by atoms with Crippen LogP contribution in [0.25, 0.3) is 0 Å². The second kappa shape index (κ2) is 7.19. The molecule has 5 nitrogen and oxygen atoms in total. The van der Waals surface area contributed by atoms with Gasteiger partial charge in [0.2, 0.25) is 10.0 Å². The molecule has 0 aromatic carbocycles. The van der Waals surface area contributed by atoms with Crippen molar-refractivity contribution in [2.24, 2.45) is 0 Å². The molecule has 21 heavy (non-hydrogen) atoms. The number of hydrogen-bond acceptors (Lipinski definition) is 5. The van der Waals surface area contributed by atoms with E-state index in [0.717, 1.165) is 29.9 Å². The summed E-state index contributed by atoms with van der Waals surface area (Å²) in [6, 6.07) is 2.03. The third kappa shape index (κ3) is 4.75. The van der Waals surface area contributed by atoms with Crippen molar-refractivity contribution < 1.29 is 13.2 Å². The minimum atomic E-state index is -3.44. The first-order chi connectivity index (χ1) is 9.88. The average molecular weight is 332 g/mol. The van der Waals surface area contributed by atoms with Crippen LogP contribution < -0.4 is 10.0 Å². The van der Waals surface area contributed by atoms with E-state index in [9.17, 15) is 8.42 Å². The molecule has 7 heteroatoms. The number of rotatable bonds is 6. The molecule has 1 aromatic rings. The number of aryl methyl sites for hydroxylation is 1. The second-order valence-electron chi connectivity index (χ2n) is 5.74. The van der Waals surface area contributed by atoms with E-state index in [1.807, 2.05) is 6.92 Å². The highest BCUT2D eigenvalue weighted by Crippen LogP contribution is 2.26. The van der Waals surface area contributed by atoms with Crippen molar-refractivity contribution in [3.8, 4) is 0 Å². The molecule has 0 bridgehead atoms. The van der Waals surface area contributed by atoms with Crippen LogP contribution in [-0.4, -0.2) is 33.7 Å². The van der Waals surface area contributed by atoms with Crippen molar-refractivity contribution in [3.05, 3.63) is 16.5 Å². The molecule has 2 rings (SSSR count). The maximum Gasteiger partial charge on any atom is 0.250 e. The Balaban J connectivity index is 2.07. The zero-order valence-corrected chi connectivity index (χ0v) is 14.4. The Morgan fingerprint density at radius 2 is 2.24 bits per heavy atom. The van der Waals surface area contributed by atoms with Crippen LogP contribution in [0.2, 0.25) is 0 Å². The summed E-state index contributed by atoms with van der Waals surface area (Å²) in [6.45, 7) is 8.00. The van der Waals surface area contributed by atoms with E-state index in [1.54, 1.807) is 6.07 Å². The van der Waals surface area contributed by atoms with Crippen molar-refractivity contribution in [1.29, 1.82) is 0 Å². The van der Waals surface area contributed by atoms with Gasteiger partial charge in [-0.1, -0.05) is 13.8 Å². The van der Waals surface area contributed by atoms with Crippen LogP contribution in [0.3, 0.4) is 0 Å². The fourth-order valence-electron chi connectivity index (χ4n) is 2.20. The summed E-state index contributed by atoms with van der Waals surface area (Å²) in [5.41, 5.74) is 1.02. The SMILES string of the molecule is Cc1cc(S(=O)(=O)NC2CCCOC2)sc1CNC(C)C. The van der Waals surface area contributed by atoms with Crippen LogP contribution in [0.15, 0.2) is 10.3 Å². The summed E-state index contributed by atoms with van der Waals surface area (Å²) in [4.78, 5) is 1.07. The zero-order valence-electron chi connectivity index (χ0n) is 12.8. The predicted molar refractivity (Wildman–Crippen MR) is 85.2 cm³/mol. The van der Waals surface area contributed by atoms with Crippen molar-refractivity contribution in [2.75, 3.05) is 13.2 Å². The second-order valence-corrected chi connectivity index (χ2v) is 8.82. The summed E-state index contributed by atoms with van der Waals surface area (Å²) in [7, 11) is -3.44. The fraction of sp³-hybridized carbons (Fsp3) is 0.714. The monoisotopic (exact) mass is 332 g/mol. The molecule has 1 aliphatic rings. The number of nitrogens with one attached hydrogen (secondary N) is 2. The lowest BCUT2D eigenvalue weighted by Gasteiger charge is -2.22. The molecule has 2 N–H and O–H groups in total. The molecular weight excluding hydrogens is 308 g/mol. The topological polar surface area (TPSA) is 67.4 Å². The Hall–Kier alpha value is -0.470. The van der Waals surface area contributed by atoms with Crippen LogP contribution in [0.5, 0.6) is 0 Å². The van der Waals surface area contributed by atoms with Gasteiger partial charge in [-0.05, 0) is 31.4 Å². The van der Waals surface area contributed by atoms with Gasteiger partial charge in [0.1, 0.15) is 4.21 Å². The lowest BCUT2D eigenvalue weighted by Crippen LogP contribution is -2.40. The van der Waals surface area contributed by atoms with Crippen molar-refractivity contribution >= 4 is 21.4 Å². The van der Waals surface area contributed by atoms with Gasteiger partial charge in [0.05, 0.1) is 6.61 Å². The van der Waals surface area contributed by atoms with Gasteiger partial charge in [-0.3, -0.25) is 0 Å². The van der Waals surface area contributed by atoms with Crippen molar-refractivity contribution in [1.82, 2.24) is 10.0 Å². The molecule has 1 fully saturated rings. The molecule has 120 valence electrons. The molecule has 1 unspecified atom stereocenters. The highest BCUT2D eigenvalue weighted by molar-refractivity contribution is 7.91. The van der Waals surface area contributed by atoms with Gasteiger partial charge in [-0.2, -0.15) is 0 Å². The van der Waals surface area contributed by atoms with Gasteiger partial charge < -0.3 is 10.1 Å². The zero-order chi connectivity index (χ0) is 15.5. The van der Waals surface area contributed by atoms with Crippen molar-refractivity contribution in [2.45, 2.75) is 56.5 Å². The van der Waals surface area contributed by atoms with E-state index in [0.29, 0.717) is 23.4 Å². The van der Waals surface area contributed by atoms with Gasteiger partial charge in [0, 0.05) is 30.1 Å². The van der Waals surface area contributed by atoms with Crippen LogP contribution in [0.4, 0.5) is 0 Å². The standard InChI is InChI=1S/C14H24N2O3S2/c1-10(2)15-8-13-11(3)7-14(20-13)21(17,18)16-12-5-4-6-19-9-12/h7,10,12,15-16H,4-6,8-9H2,1-3H3. The molecule has 2 heterocycles. The first-order valence-corrected chi connectivity index (χ1v) is 9.61. The van der Waals surface area contributed by atoms with Gasteiger partial charge in [0.25, 0.3) is 0 Å². The molecule has 1 aliphatic heterocycles. The molecule has 0 amide bonds. The van der Waals surface area contributed by atoms with E-state index in [-0.39, 0.29) is 6.04 Å². The van der Waals surface area contributed by atoms with Gasteiger partial charge in [-0.15, -0.1) is 11.3 Å². The Bertz CT molecular complexity index is 561. The normalized spacial score (nSPS) is 20.1. The number of sulfonamides is 1. The molecule has 0 radical (unpaired) electrons. The first kappa shape index (κ1) is 16.9. The van der Waals surface area contributed by atoms with E-state index in [2.05, 4.69) is 23.9 Å². The van der Waals surface area contributed by atoms with E-state index in [4.69, 9.17) is 4.74 Å². The van der Waals surface area contributed by atoms with Crippen LogP contribution in [0.1, 0.15) is 37.1 Å². The summed E-state index contributed by atoms with van der Waals surface area (Å²) < 4.78 is 33.3. The van der Waals surface area contributed by atoms with E-state index >= 15 is 0 Å². The minimum absolute atomic E-state index is 0.108. The maximum absolute atomic E-state index is 12.4. The first-order valence-electron chi connectivity index (χ1n) is 7.31. The van der Waals surface area contributed by atoms with E-state index in [1.165, 1.54) is 11.3 Å². The molecular formula is C14H24N2O3S2. The third-order valence-electron chi connectivity index (χ3n) is 3.42. The highest BCUT2D eigenvalue weighted by atomic mass is 32.2. The smallest absolute Gasteiger partial charge is 0.250 e. The number of thiophene rings is 1. The Morgan fingerprint density at radius 3 is 2.86 bits per heavy atom. The van der Waals surface area contributed by atoms with Gasteiger partial charge >= 0.3 is 0 Å². The lowest BCUT2D eigenvalue weighted by atomic mass is 10.1. The molecule has 1 aromatic heterocycles. The largest absolute Gasteiger partial charge is 0.380 e. The maximum atomic E-state index is 12.4. The summed E-state index contributed by atoms with van der Waals surface area (Å²) in [5, 5.41) is 3.32. The quantitative estimate of drug-likeness (QED) is 0.836. The Labute approximate surface area is 131 Å². The number of hydrogen-bond donors (Lipinski definition) is 2. The van der Waals surface area contributed by atoms with Crippen molar-refractivity contribution in [3.63, 3.8) is 0 Å². The molecule has 0 aliphatic carbocycles.